The molecule has 24 heavy (non-hydrogen) atoms. The maximum atomic E-state index is 12.7. The van der Waals surface area contributed by atoms with Crippen molar-refractivity contribution >= 4 is 5.91 Å². The Labute approximate surface area is 144 Å². The second-order valence-corrected chi connectivity index (χ2v) is 7.44. The van der Waals surface area contributed by atoms with Gasteiger partial charge in [0.2, 0.25) is 5.91 Å². The van der Waals surface area contributed by atoms with Crippen molar-refractivity contribution in [2.24, 2.45) is 0 Å². The molecule has 0 unspecified atom stereocenters. The number of fused-ring (bicyclic) bond motifs is 2. The summed E-state index contributed by atoms with van der Waals surface area (Å²) < 4.78 is 5.92. The highest BCUT2D eigenvalue weighted by atomic mass is 16.5. The fourth-order valence-corrected chi connectivity index (χ4v) is 4.70. The van der Waals surface area contributed by atoms with Crippen molar-refractivity contribution in [2.45, 2.75) is 63.1 Å². The van der Waals surface area contributed by atoms with Crippen molar-refractivity contribution in [3.05, 3.63) is 35.4 Å². The summed E-state index contributed by atoms with van der Waals surface area (Å²) in [6, 6.07) is 9.17. The molecule has 1 amide bonds. The minimum Gasteiger partial charge on any atom is -0.375 e. The van der Waals surface area contributed by atoms with Crippen molar-refractivity contribution in [1.29, 1.82) is 0 Å². The molecule has 3 aliphatic rings. The molecule has 0 radical (unpaired) electrons. The Balaban J connectivity index is 1.38. The average molecular weight is 328 g/mol. The third-order valence-corrected chi connectivity index (χ3v) is 5.90. The number of amides is 1. The zero-order valence-corrected chi connectivity index (χ0v) is 14.4. The number of morpholine rings is 1. The van der Waals surface area contributed by atoms with E-state index in [-0.39, 0.29) is 11.9 Å². The predicted octanol–water partition coefficient (Wildman–Crippen LogP) is 2.82. The van der Waals surface area contributed by atoms with Gasteiger partial charge >= 0.3 is 0 Å². The van der Waals surface area contributed by atoms with Gasteiger partial charge in [0.25, 0.3) is 0 Å². The van der Waals surface area contributed by atoms with E-state index in [1.807, 2.05) is 0 Å². The van der Waals surface area contributed by atoms with Gasteiger partial charge in [0, 0.05) is 12.6 Å². The molecule has 1 N–H and O–H groups in total. The van der Waals surface area contributed by atoms with Crippen LogP contribution in [0.3, 0.4) is 0 Å². The van der Waals surface area contributed by atoms with Crippen LogP contribution >= 0.6 is 0 Å². The number of carbonyl (C=O) groups excluding carboxylic acids is 1. The molecule has 1 heterocycles. The summed E-state index contributed by atoms with van der Waals surface area (Å²) in [6.45, 7) is 2.17. The molecule has 0 bridgehead atoms. The van der Waals surface area contributed by atoms with Gasteiger partial charge in [-0.05, 0) is 43.2 Å². The Morgan fingerprint density at radius 1 is 1.17 bits per heavy atom. The van der Waals surface area contributed by atoms with Crippen molar-refractivity contribution in [3.8, 4) is 0 Å². The highest BCUT2D eigenvalue weighted by Gasteiger charge is 2.35. The van der Waals surface area contributed by atoms with Crippen LogP contribution in [0.2, 0.25) is 0 Å². The first-order valence-corrected chi connectivity index (χ1v) is 9.54. The smallest absolute Gasteiger partial charge is 0.234 e. The predicted molar refractivity (Wildman–Crippen MR) is 93.8 cm³/mol. The monoisotopic (exact) mass is 328 g/mol. The van der Waals surface area contributed by atoms with E-state index in [1.165, 1.54) is 30.4 Å². The number of nitrogens with one attached hydrogen (secondary N) is 1. The van der Waals surface area contributed by atoms with Gasteiger partial charge in [-0.1, -0.05) is 37.1 Å². The van der Waals surface area contributed by atoms with E-state index in [9.17, 15) is 4.79 Å². The number of benzene rings is 1. The van der Waals surface area contributed by atoms with Gasteiger partial charge in [0.1, 0.15) is 0 Å². The van der Waals surface area contributed by atoms with Gasteiger partial charge in [-0.15, -0.1) is 0 Å². The van der Waals surface area contributed by atoms with E-state index in [0.29, 0.717) is 18.7 Å². The molecule has 4 nitrogen and oxygen atoms in total. The number of nitrogens with zero attached hydrogens (tertiary/aromatic N) is 1. The van der Waals surface area contributed by atoms with Gasteiger partial charge in [-0.25, -0.2) is 0 Å². The van der Waals surface area contributed by atoms with Crippen molar-refractivity contribution in [2.75, 3.05) is 19.7 Å². The van der Waals surface area contributed by atoms with Gasteiger partial charge in [-0.3, -0.25) is 9.69 Å². The molecule has 4 rings (SSSR count). The van der Waals surface area contributed by atoms with Crippen LogP contribution in [0.25, 0.3) is 0 Å². The Kier molecular flexibility index (Phi) is 4.86. The quantitative estimate of drug-likeness (QED) is 0.928. The molecule has 1 saturated carbocycles. The van der Waals surface area contributed by atoms with Gasteiger partial charge in [-0.2, -0.15) is 0 Å². The summed E-state index contributed by atoms with van der Waals surface area (Å²) in [5, 5.41) is 3.30. The zero-order chi connectivity index (χ0) is 16.4. The molecular weight excluding hydrogens is 300 g/mol. The molecule has 1 aromatic rings. The van der Waals surface area contributed by atoms with Crippen LogP contribution in [0, 0.1) is 0 Å². The number of ether oxygens (including phenoxy) is 1. The Morgan fingerprint density at radius 2 is 2.04 bits per heavy atom. The summed E-state index contributed by atoms with van der Waals surface area (Å²) in [6.07, 6.45) is 8.54. The Morgan fingerprint density at radius 3 is 3.00 bits per heavy atom. The van der Waals surface area contributed by atoms with Crippen LogP contribution in [0.15, 0.2) is 24.3 Å². The molecule has 2 fully saturated rings. The largest absolute Gasteiger partial charge is 0.375 e. The standard InChI is InChI=1S/C20H28N2O2/c23-20(14-22-12-13-24-19-11-4-3-10-18(19)22)21-17-9-5-7-15-6-1-2-8-16(15)17/h1-2,6,8,17-19H,3-5,7,9-14H2,(H,21,23)/t17-,18+,19-/m1/s1. The lowest BCUT2D eigenvalue weighted by atomic mass is 9.87. The molecule has 0 aromatic heterocycles. The molecule has 1 saturated heterocycles. The molecule has 130 valence electrons. The fourth-order valence-electron chi connectivity index (χ4n) is 4.70. The topological polar surface area (TPSA) is 41.6 Å². The maximum absolute atomic E-state index is 12.7. The number of rotatable bonds is 3. The molecule has 2 aliphatic carbocycles. The molecular formula is C20H28N2O2. The lowest BCUT2D eigenvalue weighted by Gasteiger charge is -2.43. The second-order valence-electron chi connectivity index (χ2n) is 7.44. The number of hydrogen-bond acceptors (Lipinski definition) is 3. The number of aryl methyl sites for hydroxylation is 1. The van der Waals surface area contributed by atoms with E-state index in [2.05, 4.69) is 34.5 Å². The van der Waals surface area contributed by atoms with Gasteiger partial charge < -0.3 is 10.1 Å². The minimum absolute atomic E-state index is 0.169. The van der Waals surface area contributed by atoms with E-state index >= 15 is 0 Å². The molecule has 4 heteroatoms. The molecule has 1 aromatic carbocycles. The van der Waals surface area contributed by atoms with Gasteiger partial charge in [0.15, 0.2) is 0 Å². The number of carbonyl (C=O) groups is 1. The van der Waals surface area contributed by atoms with Gasteiger partial charge in [0.05, 0.1) is 25.3 Å². The molecule has 3 atom stereocenters. The van der Waals surface area contributed by atoms with Crippen molar-refractivity contribution in [1.82, 2.24) is 10.2 Å². The fraction of sp³-hybridized carbons (Fsp3) is 0.650. The second kappa shape index (κ2) is 7.24. The van der Waals surface area contributed by atoms with Crippen LogP contribution in [0.5, 0.6) is 0 Å². The lowest BCUT2D eigenvalue weighted by Crippen LogP contribution is -2.55. The summed E-state index contributed by atoms with van der Waals surface area (Å²) in [7, 11) is 0. The highest BCUT2D eigenvalue weighted by molar-refractivity contribution is 5.78. The summed E-state index contributed by atoms with van der Waals surface area (Å²) >= 11 is 0. The normalized spacial score (nSPS) is 30.2. The van der Waals surface area contributed by atoms with Crippen molar-refractivity contribution in [3.63, 3.8) is 0 Å². The molecule has 0 spiro atoms. The van der Waals surface area contributed by atoms with Crippen LogP contribution < -0.4 is 5.32 Å². The first-order chi connectivity index (χ1) is 11.8. The van der Waals surface area contributed by atoms with E-state index in [1.54, 1.807) is 0 Å². The SMILES string of the molecule is O=C(CN1CCO[C@@H]2CCCC[C@@H]21)N[C@@H]1CCCc2ccccc21. The third-order valence-electron chi connectivity index (χ3n) is 5.90. The van der Waals surface area contributed by atoms with Crippen LogP contribution in [-0.4, -0.2) is 42.6 Å². The maximum Gasteiger partial charge on any atom is 0.234 e. The molecule has 1 aliphatic heterocycles. The Bertz CT molecular complexity index is 587. The lowest BCUT2D eigenvalue weighted by molar-refractivity contribution is -0.130. The summed E-state index contributed by atoms with van der Waals surface area (Å²) in [4.78, 5) is 15.0. The van der Waals surface area contributed by atoms with E-state index in [0.717, 1.165) is 38.8 Å². The third kappa shape index (κ3) is 3.35. The Hall–Kier alpha value is -1.39. The van der Waals surface area contributed by atoms with Crippen LogP contribution in [0.4, 0.5) is 0 Å². The minimum atomic E-state index is 0.169. The average Bonchev–Trinajstić information content (AvgIpc) is 2.62. The first-order valence-electron chi connectivity index (χ1n) is 9.54. The number of hydrogen-bond donors (Lipinski definition) is 1. The summed E-state index contributed by atoms with van der Waals surface area (Å²) in [5.74, 6) is 0.169. The van der Waals surface area contributed by atoms with E-state index < -0.39 is 0 Å². The summed E-state index contributed by atoms with van der Waals surface area (Å²) in [5.41, 5.74) is 2.71. The van der Waals surface area contributed by atoms with Crippen LogP contribution in [0.1, 0.15) is 55.7 Å². The first kappa shape index (κ1) is 16.1. The zero-order valence-electron chi connectivity index (χ0n) is 14.4. The van der Waals surface area contributed by atoms with Crippen molar-refractivity contribution < 1.29 is 9.53 Å². The highest BCUT2D eigenvalue weighted by Crippen LogP contribution is 2.30. The van der Waals surface area contributed by atoms with E-state index in [4.69, 9.17) is 4.74 Å². The van der Waals surface area contributed by atoms with Crippen LogP contribution in [-0.2, 0) is 16.0 Å².